The maximum atomic E-state index is 13.0. The van der Waals surface area contributed by atoms with E-state index in [4.69, 9.17) is 18.5 Å². The average molecular weight is 1000 g/mol. The van der Waals surface area contributed by atoms with Gasteiger partial charge in [-0.15, -0.1) is 0 Å². The second-order valence-electron chi connectivity index (χ2n) is 17.8. The number of phosphoric acid groups is 2. The van der Waals surface area contributed by atoms with Crippen LogP contribution < -0.4 is 0 Å². The van der Waals surface area contributed by atoms with Gasteiger partial charge in [0.15, 0.2) is 6.10 Å². The number of esters is 2. The number of phosphoric ester groups is 2. The third-order valence-electron chi connectivity index (χ3n) is 11.7. The highest BCUT2D eigenvalue weighted by atomic mass is 31.2. The number of hydrogen-bond acceptors (Lipinski definition) is 15. The molecule has 0 aromatic rings. The van der Waals surface area contributed by atoms with Crippen LogP contribution in [-0.4, -0.2) is 125 Å². The smallest absolute Gasteiger partial charge is 0.462 e. The molecule has 0 aromatic heterocycles. The van der Waals surface area contributed by atoms with Crippen molar-refractivity contribution in [1.82, 2.24) is 0 Å². The van der Waals surface area contributed by atoms with Crippen LogP contribution in [-0.2, 0) is 41.8 Å². The maximum absolute atomic E-state index is 13.0. The van der Waals surface area contributed by atoms with E-state index in [1.54, 1.807) is 0 Å². The van der Waals surface area contributed by atoms with Gasteiger partial charge in [-0.1, -0.05) is 141 Å². The second-order valence-corrected chi connectivity index (χ2v) is 20.4. The number of rotatable bonds is 42. The molecule has 0 spiro atoms. The predicted molar refractivity (Wildman–Crippen MR) is 253 cm³/mol. The van der Waals surface area contributed by atoms with Crippen molar-refractivity contribution in [2.75, 3.05) is 13.2 Å². The first-order valence-corrected chi connectivity index (χ1v) is 28.1. The monoisotopic (exact) mass is 1000 g/mol. The maximum Gasteiger partial charge on any atom is 0.472 e. The second kappa shape index (κ2) is 38.1. The van der Waals surface area contributed by atoms with E-state index in [1.165, 1.54) is 38.5 Å². The number of ether oxygens (including phenoxy) is 2. The molecule has 1 saturated carbocycles. The molecular weight excluding hydrogens is 914 g/mol. The van der Waals surface area contributed by atoms with Crippen LogP contribution in [0.5, 0.6) is 0 Å². The Morgan fingerprint density at radius 2 is 0.970 bits per heavy atom. The van der Waals surface area contributed by atoms with Crippen molar-refractivity contribution in [3.05, 3.63) is 24.3 Å². The Labute approximate surface area is 399 Å². The van der Waals surface area contributed by atoms with Gasteiger partial charge in [-0.2, -0.15) is 0 Å². The van der Waals surface area contributed by atoms with Gasteiger partial charge in [0.2, 0.25) is 0 Å². The number of carbonyl (C=O) groups is 2. The van der Waals surface area contributed by atoms with E-state index in [0.29, 0.717) is 38.5 Å². The van der Waals surface area contributed by atoms with Crippen LogP contribution in [0.25, 0.3) is 0 Å². The standard InChI is InChI=1S/C47H88O18P2/c1-3-5-7-9-11-12-13-14-15-16-17-18-19-20-21-25-29-33-40(50)61-35-37(36-62-67(59,60)65-47-44(54)42(52)43(53)46(45(47)55)64-66(56,57)58)63-41(51)34-30-26-22-24-28-32-39(49)38(48)31-27-23-10-8-6-4-2/h14-15,23,27,37-39,42-49,52-55H,3-13,16-22,24-26,28-36H2,1-2H3,(H,59,60)(H2,56,57,58)/b15-14-,27-23-/t37-,38+,39+,42?,43?,44?,45?,46-,47+/m1/s1. The van der Waals surface area contributed by atoms with E-state index < -0.39 is 95.7 Å². The minimum atomic E-state index is -5.38. The molecule has 0 heterocycles. The topological polar surface area (TPSA) is 296 Å². The molecule has 10 atom stereocenters. The zero-order valence-corrected chi connectivity index (χ0v) is 42.1. The molecule has 1 aliphatic carbocycles. The quantitative estimate of drug-likeness (QED) is 0.0123. The van der Waals surface area contributed by atoms with Gasteiger partial charge in [0, 0.05) is 12.8 Å². The molecule has 0 aromatic carbocycles. The van der Waals surface area contributed by atoms with Crippen LogP contribution in [0.2, 0.25) is 0 Å². The van der Waals surface area contributed by atoms with Crippen LogP contribution in [0.15, 0.2) is 24.3 Å². The van der Waals surface area contributed by atoms with Gasteiger partial charge in [-0.05, 0) is 64.2 Å². The van der Waals surface area contributed by atoms with Crippen LogP contribution >= 0.6 is 15.6 Å². The SMILES string of the molecule is CCCCC/C=C\C[C@H](O)[C@@H](O)CCCCCCCC(=O)O[C@H](COC(=O)CCCCCCCCC/C=C\CCCCCCCC)COP(=O)(O)O[C@H]1C(O)C(O)C(O)[C@@H](OP(=O)(O)O)C1O. The Morgan fingerprint density at radius 1 is 0.522 bits per heavy atom. The molecule has 9 N–H and O–H groups in total. The van der Waals surface area contributed by atoms with E-state index in [2.05, 4.69) is 30.5 Å². The Balaban J connectivity index is 2.61. The molecule has 5 unspecified atom stereocenters. The van der Waals surface area contributed by atoms with Crippen LogP contribution in [0, 0.1) is 0 Å². The van der Waals surface area contributed by atoms with Crippen molar-refractivity contribution in [3.63, 3.8) is 0 Å². The summed E-state index contributed by atoms with van der Waals surface area (Å²) in [5, 5.41) is 61.8. The van der Waals surface area contributed by atoms with Gasteiger partial charge in [0.05, 0.1) is 18.8 Å². The molecule has 1 fully saturated rings. The van der Waals surface area contributed by atoms with Crippen molar-refractivity contribution in [1.29, 1.82) is 0 Å². The molecule has 0 saturated heterocycles. The first-order chi connectivity index (χ1) is 31.9. The highest BCUT2D eigenvalue weighted by Gasteiger charge is 2.54. The van der Waals surface area contributed by atoms with Gasteiger partial charge in [0.1, 0.15) is 43.2 Å². The number of aliphatic hydroxyl groups excluding tert-OH is 6. The lowest BCUT2D eigenvalue weighted by molar-refractivity contribution is -0.216. The van der Waals surface area contributed by atoms with Crippen molar-refractivity contribution in [2.24, 2.45) is 0 Å². The van der Waals surface area contributed by atoms with Gasteiger partial charge < -0.3 is 54.8 Å². The fraction of sp³-hybridized carbons (Fsp3) is 0.872. The molecule has 1 aliphatic rings. The molecule has 67 heavy (non-hydrogen) atoms. The summed E-state index contributed by atoms with van der Waals surface area (Å²) in [7, 11) is -10.7. The Hall–Kier alpha value is -1.60. The van der Waals surface area contributed by atoms with Gasteiger partial charge >= 0.3 is 27.6 Å². The predicted octanol–water partition coefficient (Wildman–Crippen LogP) is 7.68. The third-order valence-corrected chi connectivity index (χ3v) is 13.2. The summed E-state index contributed by atoms with van der Waals surface area (Å²) in [5.74, 6) is -1.32. The Bertz CT molecular complexity index is 1430. The lowest BCUT2D eigenvalue weighted by atomic mass is 9.85. The zero-order valence-electron chi connectivity index (χ0n) is 40.3. The molecule has 0 bridgehead atoms. The van der Waals surface area contributed by atoms with E-state index >= 15 is 0 Å². The number of carbonyl (C=O) groups excluding carboxylic acids is 2. The minimum Gasteiger partial charge on any atom is -0.462 e. The van der Waals surface area contributed by atoms with Crippen molar-refractivity contribution in [2.45, 2.75) is 249 Å². The van der Waals surface area contributed by atoms with Crippen LogP contribution in [0.3, 0.4) is 0 Å². The summed E-state index contributed by atoms with van der Waals surface area (Å²) in [4.78, 5) is 54.4. The normalized spacial score (nSPS) is 22.5. The summed E-state index contributed by atoms with van der Waals surface area (Å²) in [5.41, 5.74) is 0. The molecule has 394 valence electrons. The van der Waals surface area contributed by atoms with Gasteiger partial charge in [-0.25, -0.2) is 9.13 Å². The molecule has 1 rings (SSSR count). The third kappa shape index (κ3) is 32.1. The van der Waals surface area contributed by atoms with Crippen molar-refractivity contribution < 1.29 is 87.1 Å². The summed E-state index contributed by atoms with van der Waals surface area (Å²) in [6.45, 7) is 2.93. The molecule has 0 amide bonds. The first kappa shape index (κ1) is 63.4. The fourth-order valence-electron chi connectivity index (χ4n) is 7.63. The number of hydrogen-bond donors (Lipinski definition) is 9. The van der Waals surface area contributed by atoms with E-state index in [0.717, 1.165) is 89.9 Å². The molecular formula is C47H88O18P2. The van der Waals surface area contributed by atoms with E-state index in [9.17, 15) is 64.0 Å². The Kier molecular flexibility index (Phi) is 36.1. The number of allylic oxidation sites excluding steroid dienone is 3. The summed E-state index contributed by atoms with van der Waals surface area (Å²) < 4.78 is 49.3. The average Bonchev–Trinajstić information content (AvgIpc) is 3.28. The number of unbranched alkanes of at least 4 members (excludes halogenated alkanes) is 20. The largest absolute Gasteiger partial charge is 0.472 e. The molecule has 0 radical (unpaired) electrons. The summed E-state index contributed by atoms with van der Waals surface area (Å²) >= 11 is 0. The van der Waals surface area contributed by atoms with Crippen LogP contribution in [0.4, 0.5) is 0 Å². The highest BCUT2D eigenvalue weighted by molar-refractivity contribution is 7.47. The van der Waals surface area contributed by atoms with E-state index in [-0.39, 0.29) is 12.8 Å². The summed E-state index contributed by atoms with van der Waals surface area (Å²) in [6, 6.07) is 0. The van der Waals surface area contributed by atoms with Gasteiger partial charge in [0.25, 0.3) is 0 Å². The fourth-order valence-corrected chi connectivity index (χ4v) is 9.17. The number of aliphatic hydroxyl groups is 6. The van der Waals surface area contributed by atoms with Crippen molar-refractivity contribution in [3.8, 4) is 0 Å². The zero-order chi connectivity index (χ0) is 49.9. The van der Waals surface area contributed by atoms with Crippen LogP contribution in [0.1, 0.15) is 194 Å². The van der Waals surface area contributed by atoms with Crippen molar-refractivity contribution >= 4 is 27.6 Å². The first-order valence-electron chi connectivity index (χ1n) is 25.1. The lowest BCUT2D eigenvalue weighted by Gasteiger charge is -2.43. The molecule has 0 aliphatic heterocycles. The van der Waals surface area contributed by atoms with Gasteiger partial charge in [-0.3, -0.25) is 23.2 Å². The Morgan fingerprint density at radius 3 is 1.52 bits per heavy atom. The highest BCUT2D eigenvalue weighted by Crippen LogP contribution is 2.49. The minimum absolute atomic E-state index is 0.0543. The molecule has 18 nitrogen and oxygen atoms in total. The molecule has 20 heteroatoms. The summed E-state index contributed by atoms with van der Waals surface area (Å²) in [6.07, 6.45) is 17.1. The van der Waals surface area contributed by atoms with E-state index in [1.807, 2.05) is 12.2 Å². The lowest BCUT2D eigenvalue weighted by Crippen LogP contribution is -2.64.